The van der Waals surface area contributed by atoms with Crippen molar-refractivity contribution in [2.24, 2.45) is 0 Å². The van der Waals surface area contributed by atoms with Crippen molar-refractivity contribution in [1.29, 1.82) is 0 Å². The number of imidazole rings is 1. The van der Waals surface area contributed by atoms with Crippen LogP contribution in [0.25, 0.3) is 28.9 Å². The van der Waals surface area contributed by atoms with E-state index < -0.39 is 6.36 Å². The molecule has 0 aliphatic carbocycles. The third-order valence-electron chi connectivity index (χ3n) is 4.58. The van der Waals surface area contributed by atoms with Gasteiger partial charge in [-0.2, -0.15) is 0 Å². The minimum absolute atomic E-state index is 0.245. The van der Waals surface area contributed by atoms with Crippen LogP contribution in [0.5, 0.6) is 11.5 Å². The highest BCUT2D eigenvalue weighted by atomic mass is 19.4. The molecule has 3 aromatic carbocycles. The van der Waals surface area contributed by atoms with Crippen molar-refractivity contribution in [3.05, 3.63) is 84.2 Å². The van der Waals surface area contributed by atoms with Crippen LogP contribution in [-0.4, -0.2) is 22.5 Å². The van der Waals surface area contributed by atoms with Gasteiger partial charge < -0.3 is 9.47 Å². The first-order valence-electron chi connectivity index (χ1n) is 9.65. The maximum Gasteiger partial charge on any atom is 0.573 e. The summed E-state index contributed by atoms with van der Waals surface area (Å²) in [6.45, 7) is 2.57. The molecule has 0 saturated heterocycles. The summed E-state index contributed by atoms with van der Waals surface area (Å²) in [7, 11) is 0. The summed E-state index contributed by atoms with van der Waals surface area (Å²) in [6.07, 6.45) is 0.783. The van der Waals surface area contributed by atoms with Gasteiger partial charge in [0.25, 0.3) is 0 Å². The van der Waals surface area contributed by atoms with Crippen LogP contribution in [0.15, 0.2) is 73.1 Å². The molecule has 4 rings (SSSR count). The van der Waals surface area contributed by atoms with Crippen molar-refractivity contribution in [3.8, 4) is 17.2 Å². The zero-order chi connectivity index (χ0) is 21.8. The van der Waals surface area contributed by atoms with Gasteiger partial charge in [0.1, 0.15) is 17.8 Å². The molecule has 0 saturated carbocycles. The number of alkyl halides is 3. The van der Waals surface area contributed by atoms with Crippen LogP contribution in [0.2, 0.25) is 0 Å². The van der Waals surface area contributed by atoms with E-state index in [4.69, 9.17) is 4.74 Å². The highest BCUT2D eigenvalue weighted by Crippen LogP contribution is 2.24. The minimum atomic E-state index is -4.69. The molecule has 0 aliphatic heterocycles. The van der Waals surface area contributed by atoms with Crippen LogP contribution in [-0.2, 0) is 0 Å². The number of fused-ring (bicyclic) bond motifs is 1. The molecule has 4 nitrogen and oxygen atoms in total. The maximum atomic E-state index is 12.2. The van der Waals surface area contributed by atoms with Crippen LogP contribution in [0.1, 0.15) is 18.1 Å². The lowest BCUT2D eigenvalue weighted by atomic mass is 10.1. The molecule has 4 aromatic rings. The fourth-order valence-corrected chi connectivity index (χ4v) is 3.18. The van der Waals surface area contributed by atoms with Crippen LogP contribution in [0, 0.1) is 0 Å². The summed E-state index contributed by atoms with van der Waals surface area (Å²) in [4.78, 5) is 4.49. The molecule has 158 valence electrons. The van der Waals surface area contributed by atoms with E-state index in [0.717, 1.165) is 33.6 Å². The molecule has 0 spiro atoms. The van der Waals surface area contributed by atoms with Gasteiger partial charge in [-0.1, -0.05) is 30.4 Å². The van der Waals surface area contributed by atoms with Crippen LogP contribution < -0.4 is 9.47 Å². The van der Waals surface area contributed by atoms with Crippen molar-refractivity contribution >= 4 is 23.2 Å². The summed E-state index contributed by atoms with van der Waals surface area (Å²) in [6, 6.07) is 19.4. The number of benzene rings is 3. The van der Waals surface area contributed by atoms with E-state index in [-0.39, 0.29) is 5.75 Å². The molecule has 0 atom stereocenters. The third kappa shape index (κ3) is 5.06. The topological polar surface area (TPSA) is 36.3 Å². The molecule has 0 N–H and O–H groups in total. The second-order valence-electron chi connectivity index (χ2n) is 6.74. The zero-order valence-corrected chi connectivity index (χ0v) is 16.6. The van der Waals surface area contributed by atoms with Crippen molar-refractivity contribution in [1.82, 2.24) is 9.55 Å². The predicted octanol–water partition coefficient (Wildman–Crippen LogP) is 6.49. The largest absolute Gasteiger partial charge is 0.573 e. The summed E-state index contributed by atoms with van der Waals surface area (Å²) in [5.41, 5.74) is 4.48. The first-order chi connectivity index (χ1) is 14.9. The summed E-state index contributed by atoms with van der Waals surface area (Å²) in [5.74, 6) is 0.576. The van der Waals surface area contributed by atoms with Crippen LogP contribution in [0.3, 0.4) is 0 Å². The monoisotopic (exact) mass is 424 g/mol. The Morgan fingerprint density at radius 3 is 2.19 bits per heavy atom. The Kier molecular flexibility index (Phi) is 5.66. The molecule has 0 aliphatic rings. The Hall–Kier alpha value is -3.74. The fraction of sp³-hybridized carbons (Fsp3) is 0.125. The minimum Gasteiger partial charge on any atom is -0.494 e. The average Bonchev–Trinajstić information content (AvgIpc) is 3.16. The van der Waals surface area contributed by atoms with E-state index in [1.165, 1.54) is 12.1 Å². The number of halogens is 3. The Balaban J connectivity index is 1.51. The first kappa shape index (κ1) is 20.5. The van der Waals surface area contributed by atoms with E-state index in [0.29, 0.717) is 6.61 Å². The van der Waals surface area contributed by atoms with Crippen molar-refractivity contribution in [2.45, 2.75) is 13.3 Å². The fourth-order valence-electron chi connectivity index (χ4n) is 3.18. The van der Waals surface area contributed by atoms with Gasteiger partial charge in [-0.15, -0.1) is 13.2 Å². The van der Waals surface area contributed by atoms with E-state index in [2.05, 4.69) is 9.72 Å². The van der Waals surface area contributed by atoms with Gasteiger partial charge in [0.05, 0.1) is 17.6 Å². The smallest absolute Gasteiger partial charge is 0.494 e. The molecular formula is C24H19F3N2O2. The molecule has 0 amide bonds. The van der Waals surface area contributed by atoms with Gasteiger partial charge >= 0.3 is 6.36 Å². The molecule has 1 aromatic heterocycles. The summed E-state index contributed by atoms with van der Waals surface area (Å²) < 4.78 is 48.1. The van der Waals surface area contributed by atoms with Gasteiger partial charge in [0.15, 0.2) is 0 Å². The van der Waals surface area contributed by atoms with E-state index in [1.54, 1.807) is 18.5 Å². The standard InChI is InChI=1S/C24H19F3N2O2/c1-2-30-20-12-8-19(9-13-20)29-16-28-22-15-18(7-14-23(22)29)4-3-17-5-10-21(11-6-17)31-24(25,26)27/h3-16H,2H2,1H3/b4-3-. The van der Waals surface area contributed by atoms with Gasteiger partial charge in [-0.25, -0.2) is 4.98 Å². The Labute approximate surface area is 177 Å². The van der Waals surface area contributed by atoms with Crippen molar-refractivity contribution in [3.63, 3.8) is 0 Å². The molecule has 1 heterocycles. The lowest BCUT2D eigenvalue weighted by molar-refractivity contribution is -0.274. The van der Waals surface area contributed by atoms with E-state index in [9.17, 15) is 13.2 Å². The third-order valence-corrected chi connectivity index (χ3v) is 4.58. The van der Waals surface area contributed by atoms with E-state index in [1.807, 2.05) is 66.1 Å². The number of hydrogen-bond acceptors (Lipinski definition) is 3. The number of aromatic nitrogens is 2. The SMILES string of the molecule is CCOc1ccc(-n2cnc3cc(/C=C\c4ccc(OC(F)(F)F)cc4)ccc32)cc1. The van der Waals surface area contributed by atoms with Crippen LogP contribution >= 0.6 is 0 Å². The van der Waals surface area contributed by atoms with Crippen molar-refractivity contribution in [2.75, 3.05) is 6.61 Å². The first-order valence-corrected chi connectivity index (χ1v) is 9.65. The molecular weight excluding hydrogens is 405 g/mol. The highest BCUT2D eigenvalue weighted by Gasteiger charge is 2.30. The van der Waals surface area contributed by atoms with Crippen molar-refractivity contribution < 1.29 is 22.6 Å². The Bertz CT molecular complexity index is 1190. The van der Waals surface area contributed by atoms with Crippen LogP contribution in [0.4, 0.5) is 13.2 Å². The lowest BCUT2D eigenvalue weighted by Gasteiger charge is -2.08. The van der Waals surface area contributed by atoms with Gasteiger partial charge in [0, 0.05) is 5.69 Å². The summed E-state index contributed by atoms with van der Waals surface area (Å²) in [5, 5.41) is 0. The number of ether oxygens (including phenoxy) is 2. The zero-order valence-electron chi connectivity index (χ0n) is 16.6. The Morgan fingerprint density at radius 1 is 0.871 bits per heavy atom. The second kappa shape index (κ2) is 8.55. The quantitative estimate of drug-likeness (QED) is 0.332. The van der Waals surface area contributed by atoms with E-state index >= 15 is 0 Å². The number of nitrogens with zero attached hydrogens (tertiary/aromatic N) is 2. The predicted molar refractivity (Wildman–Crippen MR) is 114 cm³/mol. The molecule has 0 radical (unpaired) electrons. The van der Waals surface area contributed by atoms with Gasteiger partial charge in [-0.3, -0.25) is 4.57 Å². The molecule has 7 heteroatoms. The normalized spacial score (nSPS) is 11.9. The van der Waals surface area contributed by atoms with Gasteiger partial charge in [-0.05, 0) is 66.6 Å². The molecule has 0 unspecified atom stereocenters. The lowest BCUT2D eigenvalue weighted by Crippen LogP contribution is -2.16. The molecule has 0 bridgehead atoms. The molecule has 31 heavy (non-hydrogen) atoms. The van der Waals surface area contributed by atoms with Gasteiger partial charge in [0.2, 0.25) is 0 Å². The second-order valence-corrected chi connectivity index (χ2v) is 6.74. The maximum absolute atomic E-state index is 12.2. The summed E-state index contributed by atoms with van der Waals surface area (Å²) >= 11 is 0. The Morgan fingerprint density at radius 2 is 1.52 bits per heavy atom. The average molecular weight is 424 g/mol. The molecule has 0 fully saturated rings. The highest BCUT2D eigenvalue weighted by molar-refractivity contribution is 5.82. The number of hydrogen-bond donors (Lipinski definition) is 0. The number of rotatable bonds is 6.